The summed E-state index contributed by atoms with van der Waals surface area (Å²) >= 11 is 0. The van der Waals surface area contributed by atoms with E-state index in [0.29, 0.717) is 25.3 Å². The van der Waals surface area contributed by atoms with E-state index in [2.05, 4.69) is 24.0 Å². The number of hydrogen-bond donors (Lipinski definition) is 0. The third-order valence-corrected chi connectivity index (χ3v) is 4.82. The van der Waals surface area contributed by atoms with Crippen molar-refractivity contribution in [2.45, 2.75) is 39.9 Å². The lowest BCUT2D eigenvalue weighted by molar-refractivity contribution is -0.122. The van der Waals surface area contributed by atoms with Gasteiger partial charge in [-0.15, -0.1) is 0 Å². The molecule has 0 bridgehead atoms. The number of anilines is 1. The van der Waals surface area contributed by atoms with Crippen molar-refractivity contribution in [3.63, 3.8) is 0 Å². The molecule has 1 aliphatic heterocycles. The van der Waals surface area contributed by atoms with Crippen LogP contribution in [0, 0.1) is 18.3 Å². The summed E-state index contributed by atoms with van der Waals surface area (Å²) in [6.45, 7) is 8.76. The Morgan fingerprint density at radius 1 is 1.32 bits per heavy atom. The quantitative estimate of drug-likeness (QED) is 0.862. The molecule has 1 atom stereocenters. The fraction of sp³-hybridized carbons (Fsp3) is 0.400. The van der Waals surface area contributed by atoms with E-state index in [0.717, 1.165) is 23.4 Å². The molecule has 1 saturated heterocycles. The van der Waals surface area contributed by atoms with Gasteiger partial charge in [-0.05, 0) is 50.1 Å². The normalized spacial score (nSPS) is 18.4. The largest absolute Gasteiger partial charge is 0.339 e. The molecular weight excluding hydrogens is 312 g/mol. The first-order chi connectivity index (χ1) is 12.0. The average molecular weight is 336 g/mol. The molecule has 0 radical (unpaired) electrons. The summed E-state index contributed by atoms with van der Waals surface area (Å²) in [6.07, 6.45) is 2.02. The Hall–Kier alpha value is -2.58. The van der Waals surface area contributed by atoms with Gasteiger partial charge in [0.15, 0.2) is 0 Å². The molecule has 1 amide bonds. The predicted molar refractivity (Wildman–Crippen MR) is 98.2 cm³/mol. The van der Waals surface area contributed by atoms with Crippen LogP contribution in [0.25, 0.3) is 0 Å². The van der Waals surface area contributed by atoms with Crippen LogP contribution >= 0.6 is 0 Å². The zero-order valence-electron chi connectivity index (χ0n) is 15.1. The summed E-state index contributed by atoms with van der Waals surface area (Å²) in [4.78, 5) is 16.7. The first kappa shape index (κ1) is 17.2. The lowest BCUT2D eigenvalue weighted by atomic mass is 10.1. The predicted octanol–water partition coefficient (Wildman–Crippen LogP) is 2.93. The minimum absolute atomic E-state index is 0.124. The fourth-order valence-electron chi connectivity index (χ4n) is 3.40. The number of carbonyl (C=O) groups excluding carboxylic acids is 1. The summed E-state index contributed by atoms with van der Waals surface area (Å²) in [6, 6.07) is 12.5. The Bertz CT molecular complexity index is 817. The molecule has 1 aromatic carbocycles. The molecule has 1 aliphatic rings. The third kappa shape index (κ3) is 3.59. The van der Waals surface area contributed by atoms with Crippen molar-refractivity contribution in [1.29, 1.82) is 5.26 Å². The number of rotatable bonds is 4. The van der Waals surface area contributed by atoms with Crippen LogP contribution in [0.5, 0.6) is 0 Å². The van der Waals surface area contributed by atoms with Crippen LogP contribution in [-0.4, -0.2) is 34.5 Å². The second-order valence-corrected chi connectivity index (χ2v) is 6.73. The van der Waals surface area contributed by atoms with Gasteiger partial charge < -0.3 is 9.47 Å². The van der Waals surface area contributed by atoms with Crippen LogP contribution in [0.2, 0.25) is 0 Å². The molecule has 3 rings (SSSR count). The number of piperazine rings is 1. The van der Waals surface area contributed by atoms with E-state index in [9.17, 15) is 10.1 Å². The molecular formula is C20H24N4O. The van der Waals surface area contributed by atoms with E-state index in [1.165, 1.54) is 0 Å². The van der Waals surface area contributed by atoms with Gasteiger partial charge in [0.25, 0.3) is 0 Å². The molecule has 0 spiro atoms. The highest BCUT2D eigenvalue weighted by molar-refractivity contribution is 5.95. The Labute approximate surface area is 149 Å². The Morgan fingerprint density at radius 3 is 2.76 bits per heavy atom. The minimum atomic E-state index is 0.124. The maximum atomic E-state index is 12.7. The summed E-state index contributed by atoms with van der Waals surface area (Å²) in [5.41, 5.74) is 3.89. The SMILES string of the molecule is CCn1cc(CN2CC(=O)N(c3cccc(C)c3)CC2C)cc1C#N. The average Bonchev–Trinajstić information content (AvgIpc) is 3.00. The number of nitriles is 1. The summed E-state index contributed by atoms with van der Waals surface area (Å²) in [5, 5.41) is 9.20. The van der Waals surface area contributed by atoms with Crippen molar-refractivity contribution in [1.82, 2.24) is 9.47 Å². The summed E-state index contributed by atoms with van der Waals surface area (Å²) in [7, 11) is 0. The van der Waals surface area contributed by atoms with Gasteiger partial charge in [-0.2, -0.15) is 5.26 Å². The van der Waals surface area contributed by atoms with E-state index in [1.807, 2.05) is 53.8 Å². The van der Waals surface area contributed by atoms with E-state index in [-0.39, 0.29) is 11.9 Å². The molecule has 0 saturated carbocycles. The summed E-state index contributed by atoms with van der Waals surface area (Å²) < 4.78 is 1.95. The highest BCUT2D eigenvalue weighted by atomic mass is 16.2. The lowest BCUT2D eigenvalue weighted by Crippen LogP contribution is -2.54. The standard InChI is InChI=1S/C20H24N4O/c1-4-22-12-17(9-19(22)10-21)13-23-14-20(25)24(11-16(23)3)18-7-5-6-15(2)8-18/h5-9,12,16H,4,11,13-14H2,1-3H3. The monoisotopic (exact) mass is 336 g/mol. The number of aryl methyl sites for hydroxylation is 2. The number of nitrogens with zero attached hydrogens (tertiary/aromatic N) is 4. The molecule has 0 N–H and O–H groups in total. The molecule has 5 heteroatoms. The van der Waals surface area contributed by atoms with Crippen LogP contribution < -0.4 is 4.90 Å². The van der Waals surface area contributed by atoms with Gasteiger partial charge in [-0.3, -0.25) is 9.69 Å². The van der Waals surface area contributed by atoms with Gasteiger partial charge in [-0.25, -0.2) is 0 Å². The maximum Gasteiger partial charge on any atom is 0.241 e. The fourth-order valence-corrected chi connectivity index (χ4v) is 3.40. The van der Waals surface area contributed by atoms with Crippen molar-refractivity contribution in [2.24, 2.45) is 0 Å². The Kier molecular flexibility index (Phi) is 4.91. The number of hydrogen-bond acceptors (Lipinski definition) is 3. The van der Waals surface area contributed by atoms with Gasteiger partial charge in [0.1, 0.15) is 11.8 Å². The van der Waals surface area contributed by atoms with Gasteiger partial charge >= 0.3 is 0 Å². The van der Waals surface area contributed by atoms with Crippen LogP contribution in [0.3, 0.4) is 0 Å². The maximum absolute atomic E-state index is 12.7. The number of amides is 1. The zero-order chi connectivity index (χ0) is 18.0. The van der Waals surface area contributed by atoms with Crippen molar-refractivity contribution < 1.29 is 4.79 Å². The topological polar surface area (TPSA) is 52.3 Å². The second kappa shape index (κ2) is 7.12. The van der Waals surface area contributed by atoms with Gasteiger partial charge in [-0.1, -0.05) is 12.1 Å². The van der Waals surface area contributed by atoms with Crippen LogP contribution in [0.15, 0.2) is 36.5 Å². The number of carbonyl (C=O) groups is 1. The van der Waals surface area contributed by atoms with E-state index >= 15 is 0 Å². The van der Waals surface area contributed by atoms with Gasteiger partial charge in [0.05, 0.1) is 6.54 Å². The molecule has 1 unspecified atom stereocenters. The van der Waals surface area contributed by atoms with Crippen molar-refractivity contribution in [3.8, 4) is 6.07 Å². The van der Waals surface area contributed by atoms with Crippen molar-refractivity contribution in [3.05, 3.63) is 53.3 Å². The minimum Gasteiger partial charge on any atom is -0.339 e. The highest BCUT2D eigenvalue weighted by Gasteiger charge is 2.30. The van der Waals surface area contributed by atoms with Crippen LogP contribution in [0.1, 0.15) is 30.7 Å². The molecule has 5 nitrogen and oxygen atoms in total. The van der Waals surface area contributed by atoms with Gasteiger partial charge in [0, 0.05) is 37.6 Å². The smallest absolute Gasteiger partial charge is 0.241 e. The van der Waals surface area contributed by atoms with Crippen molar-refractivity contribution >= 4 is 11.6 Å². The van der Waals surface area contributed by atoms with Crippen LogP contribution in [0.4, 0.5) is 5.69 Å². The first-order valence-corrected chi connectivity index (χ1v) is 8.72. The molecule has 1 fully saturated rings. The van der Waals surface area contributed by atoms with Crippen LogP contribution in [-0.2, 0) is 17.9 Å². The van der Waals surface area contributed by atoms with Gasteiger partial charge in [0.2, 0.25) is 5.91 Å². The summed E-state index contributed by atoms with van der Waals surface area (Å²) in [5.74, 6) is 0.124. The second-order valence-electron chi connectivity index (χ2n) is 6.73. The van der Waals surface area contributed by atoms with Crippen molar-refractivity contribution in [2.75, 3.05) is 18.0 Å². The zero-order valence-corrected chi connectivity index (χ0v) is 15.1. The Balaban J connectivity index is 1.73. The van der Waals surface area contributed by atoms with E-state index in [4.69, 9.17) is 0 Å². The van der Waals surface area contributed by atoms with E-state index in [1.54, 1.807) is 0 Å². The lowest BCUT2D eigenvalue weighted by Gasteiger charge is -2.39. The molecule has 2 heterocycles. The molecule has 130 valence electrons. The molecule has 0 aliphatic carbocycles. The Morgan fingerprint density at radius 2 is 2.12 bits per heavy atom. The first-order valence-electron chi connectivity index (χ1n) is 8.72. The molecule has 2 aromatic rings. The number of aromatic nitrogens is 1. The van der Waals surface area contributed by atoms with E-state index < -0.39 is 0 Å². The number of benzene rings is 1. The molecule has 1 aromatic heterocycles. The third-order valence-electron chi connectivity index (χ3n) is 4.82. The highest BCUT2D eigenvalue weighted by Crippen LogP contribution is 2.23. The molecule has 25 heavy (non-hydrogen) atoms.